The number of pyridine rings is 1. The van der Waals surface area contributed by atoms with E-state index in [2.05, 4.69) is 10.3 Å². The zero-order valence-electron chi connectivity index (χ0n) is 16.2. The molecule has 0 bridgehead atoms. The number of hydrogen-bond acceptors (Lipinski definition) is 4. The van der Waals surface area contributed by atoms with Crippen LogP contribution in [0.25, 0.3) is 11.6 Å². The Kier molecular flexibility index (Phi) is 4.96. The molecule has 0 fully saturated rings. The molecule has 0 radical (unpaired) electrons. The van der Waals surface area contributed by atoms with Crippen LogP contribution in [-0.2, 0) is 11.4 Å². The lowest BCUT2D eigenvalue weighted by atomic mass is 9.93. The summed E-state index contributed by atoms with van der Waals surface area (Å²) in [4.78, 5) is 28.8. The van der Waals surface area contributed by atoms with E-state index in [1.807, 2.05) is 56.3 Å². The van der Waals surface area contributed by atoms with Crippen molar-refractivity contribution in [3.8, 4) is 5.75 Å². The molecular formula is C24H20N2O3. The summed E-state index contributed by atoms with van der Waals surface area (Å²) in [7, 11) is 0. The average Bonchev–Trinajstić information content (AvgIpc) is 2.71. The maximum Gasteiger partial charge on any atom is 0.258 e. The fraction of sp³-hybridized carbons (Fsp3) is 0.125. The van der Waals surface area contributed by atoms with Crippen molar-refractivity contribution in [1.82, 2.24) is 10.3 Å². The lowest BCUT2D eigenvalue weighted by molar-refractivity contribution is -0.114. The van der Waals surface area contributed by atoms with E-state index in [9.17, 15) is 9.59 Å². The number of aryl methyl sites for hydroxylation is 2. The van der Waals surface area contributed by atoms with Crippen LogP contribution in [0.5, 0.6) is 5.75 Å². The molecule has 2 heterocycles. The van der Waals surface area contributed by atoms with E-state index in [0.717, 1.165) is 28.1 Å². The van der Waals surface area contributed by atoms with E-state index in [1.54, 1.807) is 24.4 Å². The predicted molar refractivity (Wildman–Crippen MR) is 111 cm³/mol. The second-order valence-electron chi connectivity index (χ2n) is 6.98. The molecule has 4 rings (SSSR count). The second kappa shape index (κ2) is 7.72. The SMILES string of the molecule is Cc1cc(/C=C2\C(=O)NC(=O)c3ccccc32)cc(C)c1OCc1ccccn1. The van der Waals surface area contributed by atoms with Gasteiger partial charge in [-0.1, -0.05) is 24.3 Å². The van der Waals surface area contributed by atoms with Gasteiger partial charge in [0.2, 0.25) is 0 Å². The molecule has 1 aliphatic rings. The first kappa shape index (κ1) is 18.6. The van der Waals surface area contributed by atoms with Gasteiger partial charge < -0.3 is 4.74 Å². The van der Waals surface area contributed by atoms with Crippen LogP contribution in [0.1, 0.15) is 38.3 Å². The number of imide groups is 1. The first-order chi connectivity index (χ1) is 14.0. The van der Waals surface area contributed by atoms with Crippen LogP contribution in [-0.4, -0.2) is 16.8 Å². The smallest absolute Gasteiger partial charge is 0.258 e. The summed E-state index contributed by atoms with van der Waals surface area (Å²) < 4.78 is 5.98. The number of carbonyl (C=O) groups excluding carboxylic acids is 2. The Morgan fingerprint density at radius 3 is 2.31 bits per heavy atom. The van der Waals surface area contributed by atoms with E-state index in [-0.39, 0.29) is 11.8 Å². The van der Waals surface area contributed by atoms with Crippen LogP contribution in [0.2, 0.25) is 0 Å². The number of fused-ring (bicyclic) bond motifs is 1. The lowest BCUT2D eigenvalue weighted by Gasteiger charge is -2.18. The third kappa shape index (κ3) is 3.80. The van der Waals surface area contributed by atoms with Crippen LogP contribution in [0.3, 0.4) is 0 Å². The maximum atomic E-state index is 12.4. The summed E-state index contributed by atoms with van der Waals surface area (Å²) in [6.07, 6.45) is 3.55. The van der Waals surface area contributed by atoms with Crippen molar-refractivity contribution in [2.24, 2.45) is 0 Å². The first-order valence-corrected chi connectivity index (χ1v) is 9.33. The van der Waals surface area contributed by atoms with Gasteiger partial charge in [0.25, 0.3) is 11.8 Å². The summed E-state index contributed by atoms with van der Waals surface area (Å²) in [5.41, 5.74) is 5.29. The predicted octanol–water partition coefficient (Wildman–Crippen LogP) is 4.09. The van der Waals surface area contributed by atoms with E-state index >= 15 is 0 Å². The van der Waals surface area contributed by atoms with Gasteiger partial charge in [-0.15, -0.1) is 0 Å². The molecule has 5 heteroatoms. The highest BCUT2D eigenvalue weighted by Gasteiger charge is 2.26. The number of nitrogens with one attached hydrogen (secondary N) is 1. The average molecular weight is 384 g/mol. The van der Waals surface area contributed by atoms with E-state index in [4.69, 9.17) is 4.74 Å². The number of benzene rings is 2. The molecule has 2 aromatic carbocycles. The minimum atomic E-state index is -0.389. The fourth-order valence-electron chi connectivity index (χ4n) is 3.51. The molecule has 0 saturated heterocycles. The summed E-state index contributed by atoms with van der Waals surface area (Å²) in [5, 5.41) is 2.41. The largest absolute Gasteiger partial charge is 0.487 e. The Morgan fingerprint density at radius 1 is 0.931 bits per heavy atom. The van der Waals surface area contributed by atoms with Gasteiger partial charge in [-0.2, -0.15) is 0 Å². The second-order valence-corrected chi connectivity index (χ2v) is 6.98. The molecule has 29 heavy (non-hydrogen) atoms. The summed E-state index contributed by atoms with van der Waals surface area (Å²) >= 11 is 0. The maximum absolute atomic E-state index is 12.4. The number of hydrogen-bond donors (Lipinski definition) is 1. The monoisotopic (exact) mass is 384 g/mol. The summed E-state index contributed by atoms with van der Waals surface area (Å²) in [6, 6.07) is 16.8. The molecule has 5 nitrogen and oxygen atoms in total. The van der Waals surface area contributed by atoms with Crippen molar-refractivity contribution < 1.29 is 14.3 Å². The van der Waals surface area contributed by atoms with E-state index < -0.39 is 0 Å². The number of rotatable bonds is 4. The molecule has 0 atom stereocenters. The number of nitrogens with zero attached hydrogens (tertiary/aromatic N) is 1. The highest BCUT2D eigenvalue weighted by molar-refractivity contribution is 6.33. The summed E-state index contributed by atoms with van der Waals surface area (Å²) in [5.74, 6) is 0.0503. The van der Waals surface area contributed by atoms with Crippen molar-refractivity contribution in [3.63, 3.8) is 0 Å². The third-order valence-corrected chi connectivity index (χ3v) is 4.82. The number of aromatic nitrogens is 1. The highest BCUT2D eigenvalue weighted by atomic mass is 16.5. The normalized spacial score (nSPS) is 14.5. The van der Waals surface area contributed by atoms with Crippen LogP contribution >= 0.6 is 0 Å². The van der Waals surface area contributed by atoms with Crippen LogP contribution in [0.15, 0.2) is 60.8 Å². The van der Waals surface area contributed by atoms with Crippen molar-refractivity contribution in [3.05, 3.63) is 94.3 Å². The zero-order valence-corrected chi connectivity index (χ0v) is 16.2. The Labute approximate surface area is 169 Å². The Bertz CT molecular complexity index is 1110. The summed E-state index contributed by atoms with van der Waals surface area (Å²) in [6.45, 7) is 4.34. The number of amides is 2. The standard InChI is InChI=1S/C24H20N2O3/c1-15-11-17(12-16(2)22(15)29-14-18-7-5-6-10-25-18)13-21-19-8-3-4-9-20(19)23(27)26-24(21)28/h3-13H,14H2,1-2H3,(H,26,27,28)/b21-13-. The van der Waals surface area contributed by atoms with Crippen molar-refractivity contribution in [1.29, 1.82) is 0 Å². The van der Waals surface area contributed by atoms with Crippen molar-refractivity contribution >= 4 is 23.5 Å². The Balaban J connectivity index is 1.65. The van der Waals surface area contributed by atoms with Gasteiger partial charge in [0.05, 0.1) is 5.69 Å². The van der Waals surface area contributed by atoms with Gasteiger partial charge in [0.1, 0.15) is 12.4 Å². The Hall–Kier alpha value is -3.73. The number of ether oxygens (including phenoxy) is 1. The van der Waals surface area contributed by atoms with Crippen LogP contribution < -0.4 is 10.1 Å². The van der Waals surface area contributed by atoms with Gasteiger partial charge in [-0.25, -0.2) is 0 Å². The molecule has 144 valence electrons. The fourth-order valence-corrected chi connectivity index (χ4v) is 3.51. The van der Waals surface area contributed by atoms with Crippen LogP contribution in [0, 0.1) is 13.8 Å². The van der Waals surface area contributed by atoms with Gasteiger partial charge in [-0.05, 0) is 72.5 Å². The van der Waals surface area contributed by atoms with E-state index in [0.29, 0.717) is 23.3 Å². The topological polar surface area (TPSA) is 68.3 Å². The minimum absolute atomic E-state index is 0.367. The molecule has 1 aliphatic heterocycles. The molecule has 3 aromatic rings. The zero-order chi connectivity index (χ0) is 20.4. The van der Waals surface area contributed by atoms with E-state index in [1.165, 1.54) is 0 Å². The van der Waals surface area contributed by atoms with Crippen molar-refractivity contribution in [2.45, 2.75) is 20.5 Å². The highest BCUT2D eigenvalue weighted by Crippen LogP contribution is 2.30. The lowest BCUT2D eigenvalue weighted by Crippen LogP contribution is -2.36. The van der Waals surface area contributed by atoms with Gasteiger partial charge in [-0.3, -0.25) is 19.9 Å². The quantitative estimate of drug-likeness (QED) is 0.543. The molecule has 0 unspecified atom stereocenters. The Morgan fingerprint density at radius 2 is 1.62 bits per heavy atom. The first-order valence-electron chi connectivity index (χ1n) is 9.33. The van der Waals surface area contributed by atoms with Crippen molar-refractivity contribution in [2.75, 3.05) is 0 Å². The molecule has 1 N–H and O–H groups in total. The minimum Gasteiger partial charge on any atom is -0.487 e. The van der Waals surface area contributed by atoms with Crippen LogP contribution in [0.4, 0.5) is 0 Å². The molecule has 0 saturated carbocycles. The molecular weight excluding hydrogens is 364 g/mol. The van der Waals surface area contributed by atoms with Gasteiger partial charge in [0, 0.05) is 17.3 Å². The molecule has 2 amide bonds. The number of carbonyl (C=O) groups is 2. The molecule has 0 aliphatic carbocycles. The molecule has 1 aromatic heterocycles. The third-order valence-electron chi connectivity index (χ3n) is 4.82. The van der Waals surface area contributed by atoms with Gasteiger partial charge in [0.15, 0.2) is 0 Å². The molecule has 0 spiro atoms. The van der Waals surface area contributed by atoms with Gasteiger partial charge >= 0.3 is 0 Å².